The molecule has 2 rings (SSSR count). The van der Waals surface area contributed by atoms with Crippen LogP contribution in [0.5, 0.6) is 0 Å². The van der Waals surface area contributed by atoms with Crippen molar-refractivity contribution in [2.24, 2.45) is 11.8 Å². The monoisotopic (exact) mass is 198 g/mol. The smallest absolute Gasteiger partial charge is 0.309 e. The first kappa shape index (κ1) is 9.49. The van der Waals surface area contributed by atoms with Gasteiger partial charge in [-0.3, -0.25) is 9.59 Å². The lowest BCUT2D eigenvalue weighted by molar-refractivity contribution is -0.152. The molecule has 0 aromatic carbocycles. The molecule has 78 valence electrons. The molecule has 0 aromatic rings. The average Bonchev–Trinajstić information content (AvgIpc) is 2.26. The molecule has 0 radical (unpaired) electrons. The molecular weight excluding hydrogens is 184 g/mol. The third kappa shape index (κ3) is 1.89. The van der Waals surface area contributed by atoms with Gasteiger partial charge in [-0.15, -0.1) is 0 Å². The van der Waals surface area contributed by atoms with Gasteiger partial charge in [-0.05, 0) is 19.3 Å². The average molecular weight is 198 g/mol. The molecule has 2 aliphatic rings. The number of rotatable bonds is 0. The molecule has 1 saturated carbocycles. The molecule has 14 heavy (non-hydrogen) atoms. The van der Waals surface area contributed by atoms with Gasteiger partial charge in [0, 0.05) is 0 Å². The van der Waals surface area contributed by atoms with Gasteiger partial charge in [-0.2, -0.15) is 0 Å². The van der Waals surface area contributed by atoms with Crippen molar-refractivity contribution in [2.75, 3.05) is 13.2 Å². The largest absolute Gasteiger partial charge is 0.462 e. The fourth-order valence-electron chi connectivity index (χ4n) is 2.14. The van der Waals surface area contributed by atoms with Crippen molar-refractivity contribution in [3.05, 3.63) is 0 Å². The normalized spacial score (nSPS) is 33.4. The summed E-state index contributed by atoms with van der Waals surface area (Å²) in [5, 5.41) is 0. The van der Waals surface area contributed by atoms with Gasteiger partial charge in [-0.1, -0.05) is 6.42 Å². The van der Waals surface area contributed by atoms with Gasteiger partial charge in [-0.25, -0.2) is 0 Å². The van der Waals surface area contributed by atoms with Crippen molar-refractivity contribution < 1.29 is 19.1 Å². The molecule has 4 nitrogen and oxygen atoms in total. The highest BCUT2D eigenvalue weighted by atomic mass is 16.6. The van der Waals surface area contributed by atoms with E-state index in [1.54, 1.807) is 0 Å². The summed E-state index contributed by atoms with van der Waals surface area (Å²) in [4.78, 5) is 22.9. The molecular formula is C10H14O4. The van der Waals surface area contributed by atoms with Crippen LogP contribution in [0.4, 0.5) is 0 Å². The summed E-state index contributed by atoms with van der Waals surface area (Å²) in [6, 6.07) is 0. The predicted molar refractivity (Wildman–Crippen MR) is 47.4 cm³/mol. The Morgan fingerprint density at radius 3 is 1.93 bits per heavy atom. The summed E-state index contributed by atoms with van der Waals surface area (Å²) in [6.45, 7) is 0.404. The summed E-state index contributed by atoms with van der Waals surface area (Å²) >= 11 is 0. The first-order valence-corrected chi connectivity index (χ1v) is 5.10. The van der Waals surface area contributed by atoms with Crippen LogP contribution in [0.3, 0.4) is 0 Å². The number of fused-ring (bicyclic) bond motifs is 2. The highest BCUT2D eigenvalue weighted by Gasteiger charge is 2.33. The van der Waals surface area contributed by atoms with Gasteiger partial charge in [0.05, 0.1) is 11.8 Å². The summed E-state index contributed by atoms with van der Waals surface area (Å²) in [7, 11) is 0. The molecule has 1 aliphatic carbocycles. The van der Waals surface area contributed by atoms with E-state index in [-0.39, 0.29) is 37.0 Å². The molecule has 2 unspecified atom stereocenters. The van der Waals surface area contributed by atoms with Crippen LogP contribution in [-0.2, 0) is 19.1 Å². The van der Waals surface area contributed by atoms with Crippen LogP contribution >= 0.6 is 0 Å². The Morgan fingerprint density at radius 2 is 1.43 bits per heavy atom. The Kier molecular flexibility index (Phi) is 2.70. The third-order valence-electron chi connectivity index (χ3n) is 2.91. The molecule has 2 fully saturated rings. The van der Waals surface area contributed by atoms with Crippen LogP contribution in [0.25, 0.3) is 0 Å². The van der Waals surface area contributed by atoms with E-state index in [0.717, 1.165) is 19.3 Å². The Labute approximate surface area is 82.6 Å². The molecule has 4 heteroatoms. The topological polar surface area (TPSA) is 52.6 Å². The zero-order chi connectivity index (χ0) is 9.97. The van der Waals surface area contributed by atoms with Crippen LogP contribution < -0.4 is 0 Å². The number of carbonyl (C=O) groups excluding carboxylic acids is 2. The zero-order valence-corrected chi connectivity index (χ0v) is 8.03. The van der Waals surface area contributed by atoms with Gasteiger partial charge >= 0.3 is 11.9 Å². The minimum absolute atomic E-state index is 0.0839. The minimum Gasteiger partial charge on any atom is -0.462 e. The van der Waals surface area contributed by atoms with E-state index in [0.29, 0.717) is 6.42 Å². The van der Waals surface area contributed by atoms with Crippen molar-refractivity contribution in [1.29, 1.82) is 0 Å². The van der Waals surface area contributed by atoms with Gasteiger partial charge in [0.15, 0.2) is 0 Å². The summed E-state index contributed by atoms with van der Waals surface area (Å²) in [6.07, 6.45) is 3.22. The molecule has 0 spiro atoms. The van der Waals surface area contributed by atoms with E-state index < -0.39 is 0 Å². The van der Waals surface area contributed by atoms with Gasteiger partial charge < -0.3 is 9.47 Å². The molecule has 2 bridgehead atoms. The Bertz CT molecular complexity index is 225. The van der Waals surface area contributed by atoms with E-state index >= 15 is 0 Å². The Hall–Kier alpha value is -1.06. The van der Waals surface area contributed by atoms with Crippen molar-refractivity contribution in [3.8, 4) is 0 Å². The van der Waals surface area contributed by atoms with E-state index in [4.69, 9.17) is 9.47 Å². The first-order chi connectivity index (χ1) is 6.77. The lowest BCUT2D eigenvalue weighted by atomic mass is 9.81. The van der Waals surface area contributed by atoms with Crippen LogP contribution in [-0.4, -0.2) is 25.2 Å². The highest BCUT2D eigenvalue weighted by Crippen LogP contribution is 2.31. The van der Waals surface area contributed by atoms with Gasteiger partial charge in [0.25, 0.3) is 0 Å². The maximum Gasteiger partial charge on any atom is 0.309 e. The van der Waals surface area contributed by atoms with E-state index in [1.807, 2.05) is 0 Å². The molecule has 1 aliphatic heterocycles. The molecule has 0 N–H and O–H groups in total. The predicted octanol–water partition coefficient (Wildman–Crippen LogP) is 0.893. The maximum absolute atomic E-state index is 11.4. The lowest BCUT2D eigenvalue weighted by Gasteiger charge is -2.24. The van der Waals surface area contributed by atoms with E-state index in [2.05, 4.69) is 0 Å². The number of carbonyl (C=O) groups is 2. The summed E-state index contributed by atoms with van der Waals surface area (Å²) in [5.74, 6) is -0.486. The van der Waals surface area contributed by atoms with Crippen molar-refractivity contribution in [2.45, 2.75) is 25.7 Å². The SMILES string of the molecule is O=C1OCCOC(=O)C2CCCC1C2. The number of hydrogen-bond donors (Lipinski definition) is 0. The van der Waals surface area contributed by atoms with Crippen LogP contribution in [0.15, 0.2) is 0 Å². The maximum atomic E-state index is 11.4. The zero-order valence-electron chi connectivity index (χ0n) is 8.03. The second-order valence-corrected chi connectivity index (χ2v) is 3.90. The molecule has 1 saturated heterocycles. The second-order valence-electron chi connectivity index (χ2n) is 3.90. The standard InChI is InChI=1S/C10H14O4/c11-9-7-2-1-3-8(6-7)10(12)14-5-4-13-9/h7-8H,1-6H2. The highest BCUT2D eigenvalue weighted by molar-refractivity contribution is 5.77. The molecule has 2 atom stereocenters. The van der Waals surface area contributed by atoms with Crippen molar-refractivity contribution in [1.82, 2.24) is 0 Å². The minimum atomic E-state index is -0.159. The number of cyclic esters (lactones) is 2. The second kappa shape index (κ2) is 3.98. The van der Waals surface area contributed by atoms with E-state index in [9.17, 15) is 9.59 Å². The molecule has 1 heterocycles. The Morgan fingerprint density at radius 1 is 0.929 bits per heavy atom. The van der Waals surface area contributed by atoms with Crippen molar-refractivity contribution >= 4 is 11.9 Å². The van der Waals surface area contributed by atoms with Crippen LogP contribution in [0.2, 0.25) is 0 Å². The summed E-state index contributed by atoms with van der Waals surface area (Å²) in [5.41, 5.74) is 0. The number of ether oxygens (including phenoxy) is 2. The fourth-order valence-corrected chi connectivity index (χ4v) is 2.14. The van der Waals surface area contributed by atoms with Gasteiger partial charge in [0.1, 0.15) is 13.2 Å². The third-order valence-corrected chi connectivity index (χ3v) is 2.91. The Balaban J connectivity index is 2.10. The van der Waals surface area contributed by atoms with Crippen molar-refractivity contribution in [3.63, 3.8) is 0 Å². The van der Waals surface area contributed by atoms with Gasteiger partial charge in [0.2, 0.25) is 0 Å². The number of esters is 2. The van der Waals surface area contributed by atoms with E-state index in [1.165, 1.54) is 0 Å². The van der Waals surface area contributed by atoms with Crippen LogP contribution in [0, 0.1) is 11.8 Å². The quantitative estimate of drug-likeness (QED) is 0.542. The summed E-state index contributed by atoms with van der Waals surface area (Å²) < 4.78 is 9.96. The fraction of sp³-hybridized carbons (Fsp3) is 0.800. The first-order valence-electron chi connectivity index (χ1n) is 5.10. The van der Waals surface area contributed by atoms with Crippen LogP contribution in [0.1, 0.15) is 25.7 Å². The lowest BCUT2D eigenvalue weighted by Crippen LogP contribution is -2.27. The molecule has 0 amide bonds. The number of hydrogen-bond acceptors (Lipinski definition) is 4. The molecule has 0 aromatic heterocycles.